The van der Waals surface area contributed by atoms with Crippen molar-refractivity contribution in [3.05, 3.63) is 69.7 Å². The first kappa shape index (κ1) is 23.8. The van der Waals surface area contributed by atoms with Crippen LogP contribution in [0.2, 0.25) is 5.02 Å². The maximum Gasteiger partial charge on any atom is 0.288 e. The fourth-order valence-electron chi connectivity index (χ4n) is 3.75. The molecule has 2 aromatic carbocycles. The van der Waals surface area contributed by atoms with Crippen molar-refractivity contribution >= 4 is 33.2 Å². The van der Waals surface area contributed by atoms with Gasteiger partial charge in [-0.2, -0.15) is 12.8 Å². The molecule has 7 nitrogen and oxygen atoms in total. The first-order chi connectivity index (χ1) is 15.7. The van der Waals surface area contributed by atoms with Gasteiger partial charge in [0.1, 0.15) is 17.0 Å². The Labute approximate surface area is 198 Å². The Hall–Kier alpha value is -2.34. The van der Waals surface area contributed by atoms with Gasteiger partial charge in [0.15, 0.2) is 11.6 Å². The Morgan fingerprint density at radius 1 is 1.27 bits per heavy atom. The molecule has 176 valence electrons. The molecule has 0 spiro atoms. The topological polar surface area (TPSA) is 85.6 Å². The number of nitrogens with zero attached hydrogens (tertiary/aromatic N) is 3. The third kappa shape index (κ3) is 5.43. The smallest absolute Gasteiger partial charge is 0.288 e. The summed E-state index contributed by atoms with van der Waals surface area (Å²) in [5.74, 6) is -2.30. The lowest BCUT2D eigenvalue weighted by molar-refractivity contribution is 0.190. The molecule has 33 heavy (non-hydrogen) atoms. The second kappa shape index (κ2) is 9.88. The van der Waals surface area contributed by atoms with Crippen LogP contribution in [0.3, 0.4) is 0 Å². The summed E-state index contributed by atoms with van der Waals surface area (Å²) in [6.45, 7) is 1.61. The van der Waals surface area contributed by atoms with Gasteiger partial charge in [0.2, 0.25) is 4.80 Å². The molecule has 0 aliphatic carbocycles. The number of hydrogen-bond acceptors (Lipinski definition) is 6. The van der Waals surface area contributed by atoms with E-state index in [-0.39, 0.29) is 29.0 Å². The molecule has 12 heteroatoms. The number of piperidine rings is 1. The van der Waals surface area contributed by atoms with E-state index in [2.05, 4.69) is 14.1 Å². The minimum atomic E-state index is -4.48. The first-order valence-electron chi connectivity index (χ1n) is 10.1. The maximum absolute atomic E-state index is 14.7. The largest absolute Gasteiger partial charge is 0.490 e. The second-order valence-electron chi connectivity index (χ2n) is 7.71. The molecule has 1 N–H and O–H groups in total. The van der Waals surface area contributed by atoms with Crippen LogP contribution in [0.15, 0.2) is 52.0 Å². The average molecular weight is 515 g/mol. The fraction of sp³-hybridized carbons (Fsp3) is 0.333. The number of aryl methyl sites for hydroxylation is 1. The third-order valence-electron chi connectivity index (χ3n) is 5.48. The number of hydrogen-bond donors (Lipinski definition) is 1. The molecule has 3 aromatic rings. The van der Waals surface area contributed by atoms with E-state index in [4.69, 9.17) is 16.3 Å². The SMILES string of the molecule is Cn1cnsc1=NS(=O)(=O)c1cc(F)c(OC[C@H]2CNCC[C@@H]2c2ccc(Cl)cc2)cc1F. The van der Waals surface area contributed by atoms with Crippen LogP contribution < -0.4 is 14.9 Å². The molecule has 0 saturated carbocycles. The van der Waals surface area contributed by atoms with Gasteiger partial charge in [-0.05, 0) is 36.6 Å². The van der Waals surface area contributed by atoms with E-state index in [0.29, 0.717) is 17.6 Å². The summed E-state index contributed by atoms with van der Waals surface area (Å²) in [4.78, 5) is -0.827. The molecule has 1 aliphatic heterocycles. The van der Waals surface area contributed by atoms with E-state index in [1.54, 1.807) is 7.05 Å². The molecule has 0 radical (unpaired) electrons. The highest BCUT2D eigenvalue weighted by Crippen LogP contribution is 2.33. The molecule has 1 fully saturated rings. The molecule has 2 heterocycles. The van der Waals surface area contributed by atoms with Crippen molar-refractivity contribution < 1.29 is 21.9 Å². The molecule has 2 atom stereocenters. The zero-order valence-electron chi connectivity index (χ0n) is 17.5. The van der Waals surface area contributed by atoms with Crippen LogP contribution in [0, 0.1) is 17.6 Å². The van der Waals surface area contributed by atoms with Gasteiger partial charge < -0.3 is 14.6 Å². The van der Waals surface area contributed by atoms with Crippen LogP contribution in [0.25, 0.3) is 0 Å². The fourth-order valence-corrected chi connectivity index (χ4v) is 5.75. The summed E-state index contributed by atoms with van der Waals surface area (Å²) in [7, 11) is -2.93. The summed E-state index contributed by atoms with van der Waals surface area (Å²) < 4.78 is 68.7. The monoisotopic (exact) mass is 514 g/mol. The van der Waals surface area contributed by atoms with Crippen LogP contribution in [0.4, 0.5) is 8.78 Å². The first-order valence-corrected chi connectivity index (χ1v) is 12.7. The number of rotatable bonds is 6. The molecular weight excluding hydrogens is 494 g/mol. The van der Waals surface area contributed by atoms with Crippen molar-refractivity contribution in [2.75, 3.05) is 19.7 Å². The summed E-state index contributed by atoms with van der Waals surface area (Å²) >= 11 is 6.81. The molecule has 4 rings (SSSR count). The highest BCUT2D eigenvalue weighted by molar-refractivity contribution is 7.90. The van der Waals surface area contributed by atoms with Crippen molar-refractivity contribution in [1.82, 2.24) is 14.3 Å². The number of sulfonamides is 1. The quantitative estimate of drug-likeness (QED) is 0.544. The van der Waals surface area contributed by atoms with Gasteiger partial charge in [-0.1, -0.05) is 23.7 Å². The molecule has 0 bridgehead atoms. The molecule has 0 amide bonds. The number of ether oxygens (including phenoxy) is 1. The minimum Gasteiger partial charge on any atom is -0.490 e. The molecule has 1 aromatic heterocycles. The van der Waals surface area contributed by atoms with E-state index in [9.17, 15) is 17.2 Å². The summed E-state index contributed by atoms with van der Waals surface area (Å²) in [5, 5.41) is 3.93. The average Bonchev–Trinajstić information content (AvgIpc) is 3.18. The van der Waals surface area contributed by atoms with E-state index in [1.165, 1.54) is 10.9 Å². The molecule has 1 aliphatic rings. The predicted octanol–water partition coefficient (Wildman–Crippen LogP) is 3.47. The molecule has 1 saturated heterocycles. The van der Waals surface area contributed by atoms with Gasteiger partial charge in [-0.3, -0.25) is 0 Å². The number of benzene rings is 2. The van der Waals surface area contributed by atoms with E-state index in [0.717, 1.165) is 36.1 Å². The van der Waals surface area contributed by atoms with Crippen LogP contribution >= 0.6 is 23.1 Å². The Morgan fingerprint density at radius 2 is 2.03 bits per heavy atom. The zero-order chi connectivity index (χ0) is 23.6. The van der Waals surface area contributed by atoms with E-state index in [1.807, 2.05) is 24.3 Å². The number of aromatic nitrogens is 2. The maximum atomic E-state index is 14.7. The summed E-state index contributed by atoms with van der Waals surface area (Å²) in [6.07, 6.45) is 2.23. The summed E-state index contributed by atoms with van der Waals surface area (Å²) in [5.41, 5.74) is 1.10. The van der Waals surface area contributed by atoms with Crippen molar-refractivity contribution in [3.8, 4) is 5.75 Å². The second-order valence-corrected chi connectivity index (χ2v) is 10.5. The Kier molecular flexibility index (Phi) is 7.13. The van der Waals surface area contributed by atoms with Crippen molar-refractivity contribution in [2.24, 2.45) is 17.4 Å². The Bertz CT molecular complexity index is 1310. The van der Waals surface area contributed by atoms with Crippen molar-refractivity contribution in [3.63, 3.8) is 0 Å². The lowest BCUT2D eigenvalue weighted by atomic mass is 9.81. The van der Waals surface area contributed by atoms with Gasteiger partial charge in [-0.15, -0.1) is 4.40 Å². The highest BCUT2D eigenvalue weighted by Gasteiger charge is 2.28. The van der Waals surface area contributed by atoms with Crippen molar-refractivity contribution in [1.29, 1.82) is 0 Å². The standard InChI is InChI=1S/C21H21ClF2N4O3S2/c1-28-12-26-32-21(28)27-33(29,30)20-9-17(23)19(8-18(20)24)31-11-14-10-25-7-6-16(14)13-2-4-15(22)5-3-13/h2-5,8-9,12,14,16,25H,6-7,10-11H2,1H3/t14-,16-/m1/s1. The number of nitrogens with one attached hydrogen (secondary N) is 1. The van der Waals surface area contributed by atoms with Crippen molar-refractivity contribution in [2.45, 2.75) is 17.2 Å². The highest BCUT2D eigenvalue weighted by atomic mass is 35.5. The van der Waals surface area contributed by atoms with Gasteiger partial charge in [0.25, 0.3) is 10.0 Å². The Morgan fingerprint density at radius 3 is 2.73 bits per heavy atom. The van der Waals surface area contributed by atoms with Crippen LogP contribution in [0.1, 0.15) is 17.9 Å². The van der Waals surface area contributed by atoms with E-state index < -0.39 is 26.6 Å². The van der Waals surface area contributed by atoms with Gasteiger partial charge in [0.05, 0.1) is 6.61 Å². The zero-order valence-corrected chi connectivity index (χ0v) is 19.9. The van der Waals surface area contributed by atoms with Crippen LogP contribution in [-0.2, 0) is 17.1 Å². The normalized spacial score (nSPS) is 19.6. The predicted molar refractivity (Wildman–Crippen MR) is 121 cm³/mol. The Balaban J connectivity index is 1.54. The van der Waals surface area contributed by atoms with Gasteiger partial charge in [0, 0.05) is 48.2 Å². The molecular formula is C21H21ClF2N4O3S2. The third-order valence-corrected chi connectivity index (χ3v) is 7.87. The lowest BCUT2D eigenvalue weighted by Gasteiger charge is -2.32. The van der Waals surface area contributed by atoms with E-state index >= 15 is 0 Å². The summed E-state index contributed by atoms with van der Waals surface area (Å²) in [6, 6.07) is 8.90. The van der Waals surface area contributed by atoms with Crippen LogP contribution in [0.5, 0.6) is 5.75 Å². The minimum absolute atomic E-state index is 0.00660. The molecule has 0 unspecified atom stereocenters. The number of halogens is 3. The van der Waals surface area contributed by atoms with Crippen LogP contribution in [-0.4, -0.2) is 37.1 Å². The van der Waals surface area contributed by atoms with Gasteiger partial charge in [-0.25, -0.2) is 8.78 Å². The van der Waals surface area contributed by atoms with Gasteiger partial charge >= 0.3 is 0 Å². The lowest BCUT2D eigenvalue weighted by Crippen LogP contribution is -2.38.